The number of imide groups is 1. The van der Waals surface area contributed by atoms with Crippen LogP contribution in [-0.2, 0) is 16.1 Å². The van der Waals surface area contributed by atoms with Crippen LogP contribution in [0.4, 0.5) is 17.1 Å². The molecule has 7 nitrogen and oxygen atoms in total. The summed E-state index contributed by atoms with van der Waals surface area (Å²) in [4.78, 5) is 37.6. The molecule has 2 aliphatic rings. The maximum Gasteiger partial charge on any atom is 0.294 e. The zero-order valence-electron chi connectivity index (χ0n) is 15.4. The Hall–Kier alpha value is -3.19. The number of nitro groups is 1. The summed E-state index contributed by atoms with van der Waals surface area (Å²) in [5.41, 5.74) is 1.27. The van der Waals surface area contributed by atoms with E-state index in [1.54, 1.807) is 18.2 Å². The fourth-order valence-corrected chi connectivity index (χ4v) is 3.94. The van der Waals surface area contributed by atoms with Gasteiger partial charge in [0.05, 0.1) is 22.4 Å². The second-order valence-corrected chi connectivity index (χ2v) is 7.54. The number of rotatable bonds is 5. The van der Waals surface area contributed by atoms with Gasteiger partial charge in [0.15, 0.2) is 0 Å². The first-order valence-electron chi connectivity index (χ1n) is 9.25. The van der Waals surface area contributed by atoms with Gasteiger partial charge >= 0.3 is 0 Å². The van der Waals surface area contributed by atoms with Gasteiger partial charge in [-0.05, 0) is 42.7 Å². The van der Waals surface area contributed by atoms with Crippen molar-refractivity contribution in [3.8, 4) is 0 Å². The van der Waals surface area contributed by atoms with Crippen LogP contribution in [0.3, 0.4) is 0 Å². The van der Waals surface area contributed by atoms with E-state index in [1.165, 1.54) is 12.1 Å². The largest absolute Gasteiger partial charge is 0.375 e. The van der Waals surface area contributed by atoms with Crippen LogP contribution in [0, 0.1) is 22.0 Å². The molecule has 1 aliphatic carbocycles. The van der Waals surface area contributed by atoms with Crippen LogP contribution in [-0.4, -0.2) is 16.7 Å². The number of benzene rings is 2. The van der Waals surface area contributed by atoms with Crippen molar-refractivity contribution in [1.82, 2.24) is 0 Å². The van der Waals surface area contributed by atoms with Gasteiger partial charge in [0.1, 0.15) is 5.69 Å². The second-order valence-electron chi connectivity index (χ2n) is 7.11. The molecular weight excluding hydrogens is 394 g/mol. The molecule has 0 aromatic heterocycles. The Morgan fingerprint density at radius 3 is 2.24 bits per heavy atom. The summed E-state index contributed by atoms with van der Waals surface area (Å²) in [6, 6.07) is 11.5. The van der Waals surface area contributed by atoms with E-state index in [-0.39, 0.29) is 35.0 Å². The fraction of sp³-hybridized carbons (Fsp3) is 0.238. The number of allylic oxidation sites excluding steroid dienone is 2. The van der Waals surface area contributed by atoms with Crippen LogP contribution in [0.5, 0.6) is 0 Å². The maximum absolute atomic E-state index is 12.7. The summed E-state index contributed by atoms with van der Waals surface area (Å²) in [6.07, 6.45) is 4.85. The van der Waals surface area contributed by atoms with E-state index in [9.17, 15) is 19.7 Å². The minimum Gasteiger partial charge on any atom is -0.375 e. The Kier molecular flexibility index (Phi) is 5.07. The first kappa shape index (κ1) is 19.1. The Balaban J connectivity index is 1.59. The number of carbonyl (C=O) groups excluding carboxylic acids is 2. The molecule has 8 heteroatoms. The maximum atomic E-state index is 12.7. The highest BCUT2D eigenvalue weighted by Gasteiger charge is 2.48. The van der Waals surface area contributed by atoms with Gasteiger partial charge in [-0.1, -0.05) is 35.9 Å². The van der Waals surface area contributed by atoms with Crippen molar-refractivity contribution < 1.29 is 14.5 Å². The van der Waals surface area contributed by atoms with Gasteiger partial charge in [-0.3, -0.25) is 19.7 Å². The molecular formula is C21H18ClN3O4. The van der Waals surface area contributed by atoms with Crippen molar-refractivity contribution in [2.75, 3.05) is 10.2 Å². The van der Waals surface area contributed by atoms with Crippen molar-refractivity contribution in [2.45, 2.75) is 19.4 Å². The molecule has 2 amide bonds. The summed E-state index contributed by atoms with van der Waals surface area (Å²) >= 11 is 5.87. The number of nitrogens with one attached hydrogen (secondary N) is 1. The molecule has 2 atom stereocenters. The monoisotopic (exact) mass is 411 g/mol. The van der Waals surface area contributed by atoms with Crippen LogP contribution in [0.2, 0.25) is 5.02 Å². The summed E-state index contributed by atoms with van der Waals surface area (Å²) in [5, 5.41) is 15.3. The van der Waals surface area contributed by atoms with Crippen molar-refractivity contribution in [1.29, 1.82) is 0 Å². The third kappa shape index (κ3) is 3.61. The smallest absolute Gasteiger partial charge is 0.294 e. The standard InChI is InChI=1S/C21H18ClN3O4/c22-14-7-5-13(6-8-14)12-23-18-10-9-15(11-19(18)25(28)29)24-20(26)16-3-1-2-4-17(16)21(24)27/h1-2,5-11,16-17,23H,3-4,12H2. The Morgan fingerprint density at radius 1 is 1.03 bits per heavy atom. The number of carbonyl (C=O) groups is 2. The number of amides is 2. The van der Waals surface area contributed by atoms with E-state index in [2.05, 4.69) is 5.32 Å². The van der Waals surface area contributed by atoms with Gasteiger partial charge in [-0.2, -0.15) is 0 Å². The van der Waals surface area contributed by atoms with Gasteiger partial charge in [-0.15, -0.1) is 0 Å². The molecule has 0 saturated carbocycles. The number of halogens is 1. The van der Waals surface area contributed by atoms with E-state index in [1.807, 2.05) is 24.3 Å². The quantitative estimate of drug-likeness (QED) is 0.342. The lowest BCUT2D eigenvalue weighted by Gasteiger charge is -2.16. The van der Waals surface area contributed by atoms with Crippen molar-refractivity contribution in [3.63, 3.8) is 0 Å². The van der Waals surface area contributed by atoms with Gasteiger partial charge in [0.25, 0.3) is 5.69 Å². The van der Waals surface area contributed by atoms with Crippen molar-refractivity contribution in [2.24, 2.45) is 11.8 Å². The zero-order chi connectivity index (χ0) is 20.5. The van der Waals surface area contributed by atoms with E-state index < -0.39 is 4.92 Å². The Morgan fingerprint density at radius 2 is 1.66 bits per heavy atom. The molecule has 1 N–H and O–H groups in total. The third-order valence-corrected chi connectivity index (χ3v) is 5.59. The van der Waals surface area contributed by atoms with Gasteiger partial charge in [0, 0.05) is 17.6 Å². The van der Waals surface area contributed by atoms with E-state index in [4.69, 9.17) is 11.6 Å². The minimum atomic E-state index is -0.521. The number of nitro benzene ring substituents is 1. The van der Waals surface area contributed by atoms with Gasteiger partial charge in [0.2, 0.25) is 11.8 Å². The molecule has 1 heterocycles. The Bertz CT molecular complexity index is 993. The number of hydrogen-bond acceptors (Lipinski definition) is 5. The number of nitrogens with zero attached hydrogens (tertiary/aromatic N) is 2. The number of fused-ring (bicyclic) bond motifs is 1. The summed E-state index contributed by atoms with van der Waals surface area (Å²) in [5.74, 6) is -1.34. The highest BCUT2D eigenvalue weighted by molar-refractivity contribution is 6.30. The highest BCUT2D eigenvalue weighted by atomic mass is 35.5. The first-order chi connectivity index (χ1) is 14.0. The summed E-state index contributed by atoms with van der Waals surface area (Å²) in [7, 11) is 0. The van der Waals surface area contributed by atoms with Crippen LogP contribution in [0.15, 0.2) is 54.6 Å². The van der Waals surface area contributed by atoms with Gasteiger partial charge < -0.3 is 5.32 Å². The molecule has 2 aromatic carbocycles. The normalized spacial score (nSPS) is 20.7. The molecule has 0 bridgehead atoms. The molecule has 4 rings (SSSR count). The zero-order valence-corrected chi connectivity index (χ0v) is 16.1. The van der Waals surface area contributed by atoms with E-state index in [0.717, 1.165) is 10.5 Å². The first-order valence-corrected chi connectivity index (χ1v) is 9.63. The van der Waals surface area contributed by atoms with Crippen molar-refractivity contribution >= 4 is 40.5 Å². The fourth-order valence-electron chi connectivity index (χ4n) is 3.81. The Labute approximate surface area is 172 Å². The molecule has 0 radical (unpaired) electrons. The number of anilines is 2. The summed E-state index contributed by atoms with van der Waals surface area (Å²) < 4.78 is 0. The lowest BCUT2D eigenvalue weighted by Crippen LogP contribution is -2.30. The molecule has 148 valence electrons. The van der Waals surface area contributed by atoms with Crippen LogP contribution in [0.25, 0.3) is 0 Å². The molecule has 2 unspecified atom stereocenters. The SMILES string of the molecule is O=C1C2CC=CCC2C(=O)N1c1ccc(NCc2ccc(Cl)cc2)c([N+](=O)[O-])c1. The molecule has 2 aromatic rings. The lowest BCUT2D eigenvalue weighted by atomic mass is 9.85. The van der Waals surface area contributed by atoms with Crippen LogP contribution < -0.4 is 10.2 Å². The predicted molar refractivity (Wildman–Crippen MR) is 110 cm³/mol. The molecule has 1 aliphatic heterocycles. The molecule has 1 fully saturated rings. The van der Waals surface area contributed by atoms with E-state index >= 15 is 0 Å². The number of hydrogen-bond donors (Lipinski definition) is 1. The lowest BCUT2D eigenvalue weighted by molar-refractivity contribution is -0.383. The van der Waals surface area contributed by atoms with E-state index in [0.29, 0.717) is 30.1 Å². The highest BCUT2D eigenvalue weighted by Crippen LogP contribution is 2.39. The average molecular weight is 412 g/mol. The molecule has 0 spiro atoms. The van der Waals surface area contributed by atoms with Gasteiger partial charge in [-0.25, -0.2) is 4.90 Å². The predicted octanol–water partition coefficient (Wildman–Crippen LogP) is 4.32. The molecule has 29 heavy (non-hydrogen) atoms. The van der Waals surface area contributed by atoms with Crippen LogP contribution in [0.1, 0.15) is 18.4 Å². The molecule has 1 saturated heterocycles. The van der Waals surface area contributed by atoms with Crippen LogP contribution >= 0.6 is 11.6 Å². The van der Waals surface area contributed by atoms with Crippen molar-refractivity contribution in [3.05, 3.63) is 75.3 Å². The topological polar surface area (TPSA) is 92.6 Å². The minimum absolute atomic E-state index is 0.190. The summed E-state index contributed by atoms with van der Waals surface area (Å²) in [6.45, 7) is 0.370. The average Bonchev–Trinajstić information content (AvgIpc) is 2.98. The second kappa shape index (κ2) is 7.67. The third-order valence-electron chi connectivity index (χ3n) is 5.34.